The van der Waals surface area contributed by atoms with Crippen molar-refractivity contribution in [3.8, 4) is 0 Å². The van der Waals surface area contributed by atoms with Crippen LogP contribution in [0.2, 0.25) is 0 Å². The Morgan fingerprint density at radius 2 is 1.80 bits per heavy atom. The van der Waals surface area contributed by atoms with Gasteiger partial charge in [0.25, 0.3) is 11.8 Å². The SMILES string of the molecule is CC(C)(C)OC(=O)CCSCc1cccc(C(=O)Nc2ccc(N3CCCCC3)cc2C(N)=O)c1. The third-order valence-electron chi connectivity index (χ3n) is 5.57. The predicted molar refractivity (Wildman–Crippen MR) is 142 cm³/mol. The van der Waals surface area contributed by atoms with Gasteiger partial charge in [0.05, 0.1) is 17.7 Å². The minimum Gasteiger partial charge on any atom is -0.460 e. The minimum atomic E-state index is -0.575. The molecule has 8 heteroatoms. The van der Waals surface area contributed by atoms with Crippen molar-refractivity contribution >= 4 is 40.9 Å². The van der Waals surface area contributed by atoms with E-state index in [-0.39, 0.29) is 11.9 Å². The number of thioether (sulfide) groups is 1. The molecule has 1 heterocycles. The van der Waals surface area contributed by atoms with E-state index in [1.807, 2.05) is 45.0 Å². The summed E-state index contributed by atoms with van der Waals surface area (Å²) in [6, 6.07) is 12.8. The lowest BCUT2D eigenvalue weighted by atomic mass is 10.1. The molecule has 0 spiro atoms. The van der Waals surface area contributed by atoms with E-state index in [4.69, 9.17) is 10.5 Å². The zero-order chi connectivity index (χ0) is 25.4. The molecule has 0 radical (unpaired) electrons. The topological polar surface area (TPSA) is 102 Å². The number of hydrogen-bond donors (Lipinski definition) is 2. The van der Waals surface area contributed by atoms with Crippen LogP contribution in [0.15, 0.2) is 42.5 Å². The fraction of sp³-hybridized carbons (Fsp3) is 0.444. The number of rotatable bonds is 9. The fourth-order valence-electron chi connectivity index (χ4n) is 3.93. The maximum Gasteiger partial charge on any atom is 0.307 e. The van der Waals surface area contributed by atoms with Crippen LogP contribution in [0.3, 0.4) is 0 Å². The number of esters is 1. The first-order valence-corrected chi connectivity index (χ1v) is 13.2. The number of benzene rings is 2. The highest BCUT2D eigenvalue weighted by Crippen LogP contribution is 2.26. The molecular formula is C27H35N3O4S. The predicted octanol–water partition coefficient (Wildman–Crippen LogP) is 4.99. The van der Waals surface area contributed by atoms with E-state index in [9.17, 15) is 14.4 Å². The van der Waals surface area contributed by atoms with Crippen LogP contribution in [-0.4, -0.2) is 42.2 Å². The van der Waals surface area contributed by atoms with E-state index in [2.05, 4.69) is 10.2 Å². The average Bonchev–Trinajstić information content (AvgIpc) is 2.81. The highest BCUT2D eigenvalue weighted by Gasteiger charge is 2.18. The lowest BCUT2D eigenvalue weighted by molar-refractivity contribution is -0.154. The third-order valence-corrected chi connectivity index (χ3v) is 6.60. The van der Waals surface area contributed by atoms with Gasteiger partial charge in [0, 0.05) is 35.8 Å². The van der Waals surface area contributed by atoms with E-state index in [1.54, 1.807) is 30.0 Å². The number of carbonyl (C=O) groups is 3. The Balaban J connectivity index is 1.60. The summed E-state index contributed by atoms with van der Waals surface area (Å²) in [5, 5.41) is 2.84. The number of amides is 2. The first kappa shape index (κ1) is 26.6. The van der Waals surface area contributed by atoms with Crippen molar-refractivity contribution < 1.29 is 19.1 Å². The van der Waals surface area contributed by atoms with E-state index in [1.165, 1.54) is 6.42 Å². The van der Waals surface area contributed by atoms with Gasteiger partial charge in [-0.2, -0.15) is 11.8 Å². The van der Waals surface area contributed by atoms with E-state index in [0.717, 1.165) is 37.2 Å². The summed E-state index contributed by atoms with van der Waals surface area (Å²) in [6.07, 6.45) is 3.81. The van der Waals surface area contributed by atoms with Crippen LogP contribution >= 0.6 is 11.8 Å². The maximum atomic E-state index is 12.9. The smallest absolute Gasteiger partial charge is 0.307 e. The molecule has 0 saturated carbocycles. The van der Waals surface area contributed by atoms with Crippen molar-refractivity contribution in [1.29, 1.82) is 0 Å². The Morgan fingerprint density at radius 3 is 2.49 bits per heavy atom. The van der Waals surface area contributed by atoms with Gasteiger partial charge in [0.15, 0.2) is 0 Å². The lowest BCUT2D eigenvalue weighted by Gasteiger charge is -2.29. The molecule has 3 N–H and O–H groups in total. The van der Waals surface area contributed by atoms with Crippen molar-refractivity contribution in [2.45, 2.75) is 57.8 Å². The molecule has 35 heavy (non-hydrogen) atoms. The van der Waals surface area contributed by atoms with Gasteiger partial charge in [-0.05, 0) is 75.9 Å². The molecule has 0 unspecified atom stereocenters. The summed E-state index contributed by atoms with van der Waals surface area (Å²) >= 11 is 1.61. The summed E-state index contributed by atoms with van der Waals surface area (Å²) < 4.78 is 5.32. The quantitative estimate of drug-likeness (QED) is 0.374. The Morgan fingerprint density at radius 1 is 1.06 bits per heavy atom. The normalized spacial score (nSPS) is 13.9. The van der Waals surface area contributed by atoms with Gasteiger partial charge in [-0.15, -0.1) is 0 Å². The number of ether oxygens (including phenoxy) is 1. The highest BCUT2D eigenvalue weighted by molar-refractivity contribution is 7.98. The molecular weight excluding hydrogens is 462 g/mol. The van der Waals surface area contributed by atoms with Gasteiger partial charge in [0.1, 0.15) is 5.60 Å². The Kier molecular flexibility index (Phi) is 9.20. The third kappa shape index (κ3) is 8.31. The van der Waals surface area contributed by atoms with Crippen LogP contribution in [0.4, 0.5) is 11.4 Å². The molecule has 1 aliphatic heterocycles. The number of nitrogens with zero attached hydrogens (tertiary/aromatic N) is 1. The molecule has 188 valence electrons. The molecule has 2 aromatic carbocycles. The van der Waals surface area contributed by atoms with Gasteiger partial charge in [-0.25, -0.2) is 0 Å². The molecule has 2 amide bonds. The van der Waals surface area contributed by atoms with Gasteiger partial charge >= 0.3 is 5.97 Å². The van der Waals surface area contributed by atoms with Crippen molar-refractivity contribution in [3.63, 3.8) is 0 Å². The van der Waals surface area contributed by atoms with Crippen molar-refractivity contribution in [1.82, 2.24) is 0 Å². The molecule has 0 bridgehead atoms. The number of nitrogens with one attached hydrogen (secondary N) is 1. The molecule has 1 aliphatic rings. The summed E-state index contributed by atoms with van der Waals surface area (Å²) in [6.45, 7) is 7.46. The van der Waals surface area contributed by atoms with E-state index < -0.39 is 11.5 Å². The fourth-order valence-corrected chi connectivity index (χ4v) is 4.80. The van der Waals surface area contributed by atoms with Crippen molar-refractivity contribution in [3.05, 3.63) is 59.2 Å². The van der Waals surface area contributed by atoms with Crippen molar-refractivity contribution in [2.24, 2.45) is 5.73 Å². The number of anilines is 2. The van der Waals surface area contributed by atoms with Crippen LogP contribution in [-0.2, 0) is 15.3 Å². The number of hydrogen-bond acceptors (Lipinski definition) is 6. The Hall–Kier alpha value is -3.00. The average molecular weight is 498 g/mol. The summed E-state index contributed by atoms with van der Waals surface area (Å²) in [7, 11) is 0. The van der Waals surface area contributed by atoms with Gasteiger partial charge in [0.2, 0.25) is 0 Å². The van der Waals surface area contributed by atoms with Crippen molar-refractivity contribution in [2.75, 3.05) is 29.1 Å². The van der Waals surface area contributed by atoms with E-state index >= 15 is 0 Å². The number of piperidine rings is 1. The zero-order valence-corrected chi connectivity index (χ0v) is 21.6. The number of carbonyl (C=O) groups excluding carboxylic acids is 3. The van der Waals surface area contributed by atoms with Gasteiger partial charge in [-0.3, -0.25) is 14.4 Å². The Labute approximate surface area is 211 Å². The second-order valence-corrected chi connectivity index (χ2v) is 10.8. The largest absolute Gasteiger partial charge is 0.460 e. The second-order valence-electron chi connectivity index (χ2n) is 9.69. The number of primary amides is 1. The van der Waals surface area contributed by atoms with Crippen LogP contribution in [0.25, 0.3) is 0 Å². The number of nitrogens with two attached hydrogens (primary N) is 1. The molecule has 0 aromatic heterocycles. The highest BCUT2D eigenvalue weighted by atomic mass is 32.2. The molecule has 1 fully saturated rings. The van der Waals surface area contributed by atoms with Crippen LogP contribution in [0, 0.1) is 0 Å². The lowest BCUT2D eigenvalue weighted by Crippen LogP contribution is -2.29. The first-order valence-electron chi connectivity index (χ1n) is 12.0. The van der Waals surface area contributed by atoms with Gasteiger partial charge in [-0.1, -0.05) is 12.1 Å². The standard InChI is InChI=1S/C27H35N3O4S/c1-27(2,3)34-24(31)12-15-35-18-19-8-7-9-20(16-19)26(33)29-23-11-10-21(17-22(23)25(28)32)30-13-5-4-6-14-30/h7-11,16-17H,4-6,12-15,18H2,1-3H3,(H2,28,32)(H,29,33). The molecule has 1 saturated heterocycles. The summed E-state index contributed by atoms with van der Waals surface area (Å²) in [5.74, 6) is 0.209. The monoisotopic (exact) mass is 497 g/mol. The van der Waals surface area contributed by atoms with Crippen LogP contribution < -0.4 is 16.0 Å². The second kappa shape index (κ2) is 12.1. The first-order chi connectivity index (χ1) is 16.6. The van der Waals surface area contributed by atoms with Crippen LogP contribution in [0.1, 0.15) is 72.7 Å². The maximum absolute atomic E-state index is 12.9. The Bertz CT molecular complexity index is 1060. The molecule has 0 atom stereocenters. The zero-order valence-electron chi connectivity index (χ0n) is 20.8. The summed E-state index contributed by atoms with van der Waals surface area (Å²) in [5.41, 5.74) is 8.27. The molecule has 7 nitrogen and oxygen atoms in total. The van der Waals surface area contributed by atoms with Crippen LogP contribution in [0.5, 0.6) is 0 Å². The summed E-state index contributed by atoms with van der Waals surface area (Å²) in [4.78, 5) is 39.1. The minimum absolute atomic E-state index is 0.213. The molecule has 2 aromatic rings. The molecule has 0 aliphatic carbocycles. The van der Waals surface area contributed by atoms with Gasteiger partial charge < -0.3 is 20.7 Å². The van der Waals surface area contributed by atoms with E-state index in [0.29, 0.717) is 34.7 Å². The molecule has 3 rings (SSSR count).